The Hall–Kier alpha value is -0.900. The van der Waals surface area contributed by atoms with Gasteiger partial charge in [-0.05, 0) is 41.2 Å². The average Bonchev–Trinajstić information content (AvgIpc) is 2.01. The van der Waals surface area contributed by atoms with E-state index in [-0.39, 0.29) is 24.2 Å². The molecule has 0 aliphatic rings. The van der Waals surface area contributed by atoms with Crippen LogP contribution >= 0.6 is 0 Å². The second kappa shape index (κ2) is 5.85. The zero-order valence-corrected chi connectivity index (χ0v) is 10.2. The Morgan fingerprint density at radius 2 is 1.87 bits per heavy atom. The lowest BCUT2D eigenvalue weighted by Crippen LogP contribution is -2.33. The molecule has 15 heavy (non-hydrogen) atoms. The summed E-state index contributed by atoms with van der Waals surface area (Å²) in [6, 6.07) is -0.252. The Labute approximate surface area is 91.4 Å². The van der Waals surface area contributed by atoms with Gasteiger partial charge < -0.3 is 10.1 Å². The molecular weight excluding hydrogens is 194 g/mol. The highest BCUT2D eigenvalue weighted by Gasteiger charge is 2.18. The van der Waals surface area contributed by atoms with Gasteiger partial charge in [0.2, 0.25) is 0 Å². The van der Waals surface area contributed by atoms with Gasteiger partial charge in [0.15, 0.2) is 0 Å². The van der Waals surface area contributed by atoms with Gasteiger partial charge in [-0.3, -0.25) is 9.59 Å². The molecule has 0 saturated heterocycles. The van der Waals surface area contributed by atoms with Gasteiger partial charge in [-0.1, -0.05) is 0 Å². The van der Waals surface area contributed by atoms with Gasteiger partial charge in [0.25, 0.3) is 0 Å². The molecule has 0 saturated carbocycles. The predicted molar refractivity (Wildman–Crippen MR) is 58.6 cm³/mol. The van der Waals surface area contributed by atoms with E-state index < -0.39 is 5.60 Å². The van der Waals surface area contributed by atoms with Crippen LogP contribution in [-0.2, 0) is 14.3 Å². The van der Waals surface area contributed by atoms with Gasteiger partial charge in [-0.15, -0.1) is 0 Å². The SMILES string of the molecule is CN[C@H](CCC(=O)OC(C)(C)C)C(C)=O. The smallest absolute Gasteiger partial charge is 0.306 e. The molecule has 4 nitrogen and oxygen atoms in total. The number of hydrogen-bond acceptors (Lipinski definition) is 4. The zero-order valence-electron chi connectivity index (χ0n) is 10.2. The summed E-state index contributed by atoms with van der Waals surface area (Å²) in [4.78, 5) is 22.4. The van der Waals surface area contributed by atoms with E-state index in [1.165, 1.54) is 6.92 Å². The highest BCUT2D eigenvalue weighted by Crippen LogP contribution is 2.10. The molecular formula is C11H21NO3. The van der Waals surface area contributed by atoms with Crippen molar-refractivity contribution in [3.8, 4) is 0 Å². The summed E-state index contributed by atoms with van der Waals surface area (Å²) in [7, 11) is 1.71. The number of hydrogen-bond donors (Lipinski definition) is 1. The lowest BCUT2D eigenvalue weighted by molar-refractivity contribution is -0.155. The molecule has 0 aromatic heterocycles. The summed E-state index contributed by atoms with van der Waals surface area (Å²) in [5, 5.41) is 2.86. The van der Waals surface area contributed by atoms with E-state index in [0.717, 1.165) is 0 Å². The van der Waals surface area contributed by atoms with Crippen molar-refractivity contribution in [2.75, 3.05) is 7.05 Å². The number of ketones is 1. The van der Waals surface area contributed by atoms with Crippen molar-refractivity contribution in [3.05, 3.63) is 0 Å². The molecule has 0 radical (unpaired) electrons. The summed E-state index contributed by atoms with van der Waals surface area (Å²) in [5.74, 6) is -0.218. The molecule has 0 spiro atoms. The van der Waals surface area contributed by atoms with Crippen molar-refractivity contribution >= 4 is 11.8 Å². The van der Waals surface area contributed by atoms with Crippen molar-refractivity contribution < 1.29 is 14.3 Å². The van der Waals surface area contributed by atoms with Crippen LogP contribution in [0.25, 0.3) is 0 Å². The number of likely N-dealkylation sites (N-methyl/N-ethyl adjacent to an activating group) is 1. The van der Waals surface area contributed by atoms with Gasteiger partial charge in [-0.25, -0.2) is 0 Å². The predicted octanol–water partition coefficient (Wildman–Crippen LogP) is 1.29. The fourth-order valence-electron chi connectivity index (χ4n) is 1.21. The number of nitrogens with one attached hydrogen (secondary N) is 1. The second-order valence-electron chi connectivity index (χ2n) is 4.58. The van der Waals surface area contributed by atoms with Crippen molar-refractivity contribution in [1.82, 2.24) is 5.32 Å². The van der Waals surface area contributed by atoms with Gasteiger partial charge in [0.05, 0.1) is 6.04 Å². The number of rotatable bonds is 5. The summed E-state index contributed by atoms with van der Waals surface area (Å²) >= 11 is 0. The molecule has 0 aromatic rings. The average molecular weight is 215 g/mol. The highest BCUT2D eigenvalue weighted by molar-refractivity contribution is 5.82. The molecule has 0 bridgehead atoms. The lowest BCUT2D eigenvalue weighted by atomic mass is 10.1. The van der Waals surface area contributed by atoms with Crippen LogP contribution in [0, 0.1) is 0 Å². The van der Waals surface area contributed by atoms with Gasteiger partial charge in [-0.2, -0.15) is 0 Å². The molecule has 0 fully saturated rings. The van der Waals surface area contributed by atoms with Gasteiger partial charge in [0, 0.05) is 6.42 Å². The minimum absolute atomic E-state index is 0.0426. The Kier molecular flexibility index (Phi) is 5.50. The molecule has 4 heteroatoms. The van der Waals surface area contributed by atoms with Crippen LogP contribution < -0.4 is 5.32 Å². The molecule has 1 atom stereocenters. The van der Waals surface area contributed by atoms with Crippen molar-refractivity contribution in [3.63, 3.8) is 0 Å². The van der Waals surface area contributed by atoms with E-state index in [9.17, 15) is 9.59 Å². The van der Waals surface area contributed by atoms with E-state index >= 15 is 0 Å². The summed E-state index contributed by atoms with van der Waals surface area (Å²) < 4.78 is 5.13. The number of esters is 1. The topological polar surface area (TPSA) is 55.4 Å². The van der Waals surface area contributed by atoms with E-state index in [1.54, 1.807) is 7.05 Å². The largest absolute Gasteiger partial charge is 0.460 e. The van der Waals surface area contributed by atoms with Crippen LogP contribution in [0.3, 0.4) is 0 Å². The zero-order chi connectivity index (χ0) is 12.1. The molecule has 0 aliphatic heterocycles. The van der Waals surface area contributed by atoms with Crippen LogP contribution in [-0.4, -0.2) is 30.4 Å². The first kappa shape index (κ1) is 14.1. The third kappa shape index (κ3) is 7.08. The number of carbonyl (C=O) groups excluding carboxylic acids is 2. The Bertz CT molecular complexity index is 230. The van der Waals surface area contributed by atoms with E-state index in [0.29, 0.717) is 6.42 Å². The fraction of sp³-hybridized carbons (Fsp3) is 0.818. The van der Waals surface area contributed by atoms with Gasteiger partial charge >= 0.3 is 5.97 Å². The van der Waals surface area contributed by atoms with Crippen LogP contribution in [0.4, 0.5) is 0 Å². The number of ether oxygens (including phenoxy) is 1. The summed E-state index contributed by atoms with van der Waals surface area (Å²) in [5.41, 5.74) is -0.456. The van der Waals surface area contributed by atoms with Crippen molar-refractivity contribution in [2.24, 2.45) is 0 Å². The lowest BCUT2D eigenvalue weighted by Gasteiger charge is -2.20. The Morgan fingerprint density at radius 1 is 1.33 bits per heavy atom. The molecule has 0 unspecified atom stereocenters. The van der Waals surface area contributed by atoms with Crippen LogP contribution in [0.5, 0.6) is 0 Å². The number of carbonyl (C=O) groups is 2. The third-order valence-corrected chi connectivity index (χ3v) is 1.90. The van der Waals surface area contributed by atoms with Crippen LogP contribution in [0.1, 0.15) is 40.5 Å². The minimum atomic E-state index is -0.456. The minimum Gasteiger partial charge on any atom is -0.460 e. The first-order chi connectivity index (χ1) is 6.76. The van der Waals surface area contributed by atoms with E-state index in [1.807, 2.05) is 20.8 Å². The molecule has 1 N–H and O–H groups in total. The Balaban J connectivity index is 3.94. The molecule has 0 aliphatic carbocycles. The highest BCUT2D eigenvalue weighted by atomic mass is 16.6. The molecule has 88 valence electrons. The summed E-state index contributed by atoms with van der Waals surface area (Å²) in [6.07, 6.45) is 0.753. The van der Waals surface area contributed by atoms with Crippen molar-refractivity contribution in [2.45, 2.75) is 52.2 Å². The van der Waals surface area contributed by atoms with Crippen LogP contribution in [0.15, 0.2) is 0 Å². The normalized spacial score (nSPS) is 13.4. The summed E-state index contributed by atoms with van der Waals surface area (Å²) in [6.45, 7) is 6.98. The second-order valence-corrected chi connectivity index (χ2v) is 4.58. The van der Waals surface area contributed by atoms with E-state index in [2.05, 4.69) is 5.32 Å². The maximum absolute atomic E-state index is 11.3. The molecule has 0 amide bonds. The quantitative estimate of drug-likeness (QED) is 0.702. The third-order valence-electron chi connectivity index (χ3n) is 1.90. The maximum Gasteiger partial charge on any atom is 0.306 e. The first-order valence-electron chi connectivity index (χ1n) is 5.16. The van der Waals surface area contributed by atoms with Gasteiger partial charge in [0.1, 0.15) is 11.4 Å². The van der Waals surface area contributed by atoms with E-state index in [4.69, 9.17) is 4.74 Å². The first-order valence-corrected chi connectivity index (χ1v) is 5.16. The standard InChI is InChI=1S/C11H21NO3/c1-8(13)9(12-5)6-7-10(14)15-11(2,3)4/h9,12H,6-7H2,1-5H3/t9-/m1/s1. The molecule has 0 aromatic carbocycles. The fourth-order valence-corrected chi connectivity index (χ4v) is 1.21. The molecule has 0 rings (SSSR count). The molecule has 0 heterocycles. The number of Topliss-reactive ketones (excluding diaryl/α,β-unsaturated/α-hetero) is 1. The van der Waals surface area contributed by atoms with Crippen LogP contribution in [0.2, 0.25) is 0 Å². The Morgan fingerprint density at radius 3 is 2.20 bits per heavy atom. The maximum atomic E-state index is 11.3. The van der Waals surface area contributed by atoms with Crippen molar-refractivity contribution in [1.29, 1.82) is 0 Å². The monoisotopic (exact) mass is 215 g/mol.